The molecule has 3 aromatic carbocycles. The molecule has 0 aliphatic rings. The SMILES string of the molecule is Cc1ccc(Cn2c(=O)c3ccccc3n3c(=S)sc(-c4ccc(C)cc4)c23)cc1. The molecule has 0 saturated carbocycles. The zero-order valence-electron chi connectivity index (χ0n) is 16.8. The molecule has 148 valence electrons. The number of nitrogens with zero attached hydrogens (tertiary/aromatic N) is 2. The monoisotopic (exact) mass is 428 g/mol. The number of rotatable bonds is 3. The highest BCUT2D eigenvalue weighted by molar-refractivity contribution is 7.73. The van der Waals surface area contributed by atoms with Gasteiger partial charge in [-0.15, -0.1) is 11.3 Å². The van der Waals surface area contributed by atoms with Gasteiger partial charge >= 0.3 is 0 Å². The van der Waals surface area contributed by atoms with E-state index in [0.29, 0.717) is 11.9 Å². The van der Waals surface area contributed by atoms with Crippen molar-refractivity contribution < 1.29 is 0 Å². The Balaban J connectivity index is 1.89. The summed E-state index contributed by atoms with van der Waals surface area (Å²) in [6.07, 6.45) is 0. The van der Waals surface area contributed by atoms with Crippen LogP contribution in [0.4, 0.5) is 0 Å². The molecule has 5 aromatic rings. The van der Waals surface area contributed by atoms with E-state index in [1.165, 1.54) is 11.1 Å². The summed E-state index contributed by atoms with van der Waals surface area (Å²) in [4.78, 5) is 14.6. The quantitative estimate of drug-likeness (QED) is 0.312. The molecule has 5 heteroatoms. The van der Waals surface area contributed by atoms with E-state index >= 15 is 0 Å². The topological polar surface area (TPSA) is 26.4 Å². The molecule has 0 bridgehead atoms. The van der Waals surface area contributed by atoms with Gasteiger partial charge in [-0.3, -0.25) is 13.8 Å². The Hall–Kier alpha value is -3.02. The van der Waals surface area contributed by atoms with Gasteiger partial charge in [0.25, 0.3) is 5.56 Å². The highest BCUT2D eigenvalue weighted by atomic mass is 32.1. The van der Waals surface area contributed by atoms with Crippen LogP contribution < -0.4 is 5.56 Å². The summed E-state index contributed by atoms with van der Waals surface area (Å²) in [7, 11) is 0. The van der Waals surface area contributed by atoms with Gasteiger partial charge in [-0.05, 0) is 49.3 Å². The zero-order chi connectivity index (χ0) is 20.8. The summed E-state index contributed by atoms with van der Waals surface area (Å²) in [5, 5.41) is 0.682. The number of benzene rings is 3. The molecular weight excluding hydrogens is 408 g/mol. The van der Waals surface area contributed by atoms with Crippen molar-refractivity contribution in [1.29, 1.82) is 0 Å². The smallest absolute Gasteiger partial charge is 0.261 e. The van der Waals surface area contributed by atoms with Crippen molar-refractivity contribution in [3.8, 4) is 10.4 Å². The number of hydrogen-bond donors (Lipinski definition) is 0. The molecule has 0 radical (unpaired) electrons. The second-order valence-electron chi connectivity index (χ2n) is 7.62. The fourth-order valence-electron chi connectivity index (χ4n) is 3.83. The lowest BCUT2D eigenvalue weighted by molar-refractivity contribution is 0.780. The summed E-state index contributed by atoms with van der Waals surface area (Å²) in [6.45, 7) is 4.64. The van der Waals surface area contributed by atoms with Gasteiger partial charge in [0.05, 0.1) is 22.3 Å². The number of fused-ring (bicyclic) bond motifs is 3. The van der Waals surface area contributed by atoms with Gasteiger partial charge < -0.3 is 0 Å². The average Bonchev–Trinajstić information content (AvgIpc) is 3.10. The Bertz CT molecular complexity index is 1500. The molecule has 0 spiro atoms. The molecule has 0 N–H and O–H groups in total. The molecule has 3 nitrogen and oxygen atoms in total. The van der Waals surface area contributed by atoms with Crippen LogP contribution in [0, 0.1) is 17.8 Å². The molecule has 0 unspecified atom stereocenters. The molecule has 0 aliphatic carbocycles. The molecule has 0 saturated heterocycles. The standard InChI is InChI=1S/C25H20N2OS2/c1-16-7-11-18(12-8-16)15-26-23-22(19-13-9-17(2)10-14-19)30-25(29)27(23)21-6-4-3-5-20(21)24(26)28/h3-14H,15H2,1-2H3. The van der Waals surface area contributed by atoms with Gasteiger partial charge in [0.2, 0.25) is 0 Å². The van der Waals surface area contributed by atoms with E-state index in [0.717, 1.165) is 31.1 Å². The Labute approximate surface area is 183 Å². The van der Waals surface area contributed by atoms with Crippen LogP contribution in [0.5, 0.6) is 0 Å². The van der Waals surface area contributed by atoms with Crippen molar-refractivity contribution in [3.05, 3.63) is 104 Å². The minimum Gasteiger partial charge on any atom is -0.288 e. The summed E-state index contributed by atoms with van der Waals surface area (Å²) in [6, 6.07) is 24.4. The van der Waals surface area contributed by atoms with Crippen LogP contribution in [0.2, 0.25) is 0 Å². The van der Waals surface area contributed by atoms with Crippen LogP contribution in [0.1, 0.15) is 16.7 Å². The lowest BCUT2D eigenvalue weighted by Crippen LogP contribution is -2.23. The van der Waals surface area contributed by atoms with Gasteiger partial charge in [0.1, 0.15) is 5.65 Å². The predicted octanol–water partition coefficient (Wildman–Crippen LogP) is 6.38. The maximum absolute atomic E-state index is 13.6. The molecule has 2 aromatic heterocycles. The minimum absolute atomic E-state index is 0.00679. The first kappa shape index (κ1) is 19.0. The highest BCUT2D eigenvalue weighted by Gasteiger charge is 2.18. The third kappa shape index (κ3) is 3.11. The Morgan fingerprint density at radius 2 is 1.50 bits per heavy atom. The lowest BCUT2D eigenvalue weighted by atomic mass is 10.1. The van der Waals surface area contributed by atoms with Crippen LogP contribution in [0.25, 0.3) is 27.0 Å². The first-order valence-electron chi connectivity index (χ1n) is 9.82. The fourth-order valence-corrected chi connectivity index (χ4v) is 5.26. The molecule has 0 atom stereocenters. The molecule has 2 heterocycles. The Morgan fingerprint density at radius 1 is 0.867 bits per heavy atom. The fraction of sp³-hybridized carbons (Fsp3) is 0.120. The van der Waals surface area contributed by atoms with Crippen molar-refractivity contribution in [2.75, 3.05) is 0 Å². The Morgan fingerprint density at radius 3 is 2.20 bits per heavy atom. The summed E-state index contributed by atoms with van der Waals surface area (Å²) in [5.41, 5.74) is 6.29. The third-order valence-electron chi connectivity index (χ3n) is 5.44. The second-order valence-corrected chi connectivity index (χ2v) is 9.26. The van der Waals surface area contributed by atoms with Gasteiger partial charge in [0, 0.05) is 0 Å². The largest absolute Gasteiger partial charge is 0.288 e. The van der Waals surface area contributed by atoms with E-state index in [1.54, 1.807) is 11.3 Å². The molecule has 0 aliphatic heterocycles. The van der Waals surface area contributed by atoms with Gasteiger partial charge in [-0.2, -0.15) is 0 Å². The first-order chi connectivity index (χ1) is 14.5. The van der Waals surface area contributed by atoms with Crippen molar-refractivity contribution in [3.63, 3.8) is 0 Å². The molecule has 0 fully saturated rings. The van der Waals surface area contributed by atoms with Crippen LogP contribution >= 0.6 is 23.6 Å². The first-order valence-corrected chi connectivity index (χ1v) is 11.0. The van der Waals surface area contributed by atoms with Crippen molar-refractivity contribution >= 4 is 40.1 Å². The third-order valence-corrected chi connectivity index (χ3v) is 6.85. The number of aryl methyl sites for hydroxylation is 2. The van der Waals surface area contributed by atoms with E-state index in [9.17, 15) is 4.79 Å². The number of para-hydroxylation sites is 1. The van der Waals surface area contributed by atoms with Gasteiger partial charge in [-0.1, -0.05) is 71.8 Å². The predicted molar refractivity (Wildman–Crippen MR) is 128 cm³/mol. The van der Waals surface area contributed by atoms with Crippen LogP contribution in [-0.2, 0) is 6.54 Å². The van der Waals surface area contributed by atoms with Gasteiger partial charge in [-0.25, -0.2) is 0 Å². The maximum Gasteiger partial charge on any atom is 0.261 e. The van der Waals surface area contributed by atoms with E-state index in [-0.39, 0.29) is 5.56 Å². The summed E-state index contributed by atoms with van der Waals surface area (Å²) in [5.74, 6) is 0. The lowest BCUT2D eigenvalue weighted by Gasteiger charge is -2.14. The van der Waals surface area contributed by atoms with Crippen LogP contribution in [0.3, 0.4) is 0 Å². The normalized spacial score (nSPS) is 11.4. The van der Waals surface area contributed by atoms with Crippen LogP contribution in [0.15, 0.2) is 77.6 Å². The van der Waals surface area contributed by atoms with E-state index in [1.807, 2.05) is 28.8 Å². The second kappa shape index (κ2) is 7.35. The Kier molecular flexibility index (Phi) is 4.65. The maximum atomic E-state index is 13.6. The summed E-state index contributed by atoms with van der Waals surface area (Å²) < 4.78 is 4.67. The van der Waals surface area contributed by atoms with E-state index < -0.39 is 0 Å². The molecule has 30 heavy (non-hydrogen) atoms. The minimum atomic E-state index is 0.00679. The number of aromatic nitrogens is 2. The summed E-state index contributed by atoms with van der Waals surface area (Å²) >= 11 is 7.33. The van der Waals surface area contributed by atoms with Crippen LogP contribution in [-0.4, -0.2) is 8.97 Å². The number of thiazole rings is 1. The van der Waals surface area contributed by atoms with Crippen molar-refractivity contribution in [2.24, 2.45) is 0 Å². The molecule has 0 amide bonds. The zero-order valence-corrected chi connectivity index (χ0v) is 18.4. The number of hydrogen-bond acceptors (Lipinski definition) is 3. The van der Waals surface area contributed by atoms with Crippen molar-refractivity contribution in [1.82, 2.24) is 8.97 Å². The highest BCUT2D eigenvalue weighted by Crippen LogP contribution is 2.33. The molecular formula is C25H20N2OS2. The van der Waals surface area contributed by atoms with E-state index in [4.69, 9.17) is 12.2 Å². The van der Waals surface area contributed by atoms with Gasteiger partial charge in [0.15, 0.2) is 3.95 Å². The molecule has 5 rings (SSSR count). The average molecular weight is 429 g/mol. The van der Waals surface area contributed by atoms with Crippen molar-refractivity contribution in [2.45, 2.75) is 20.4 Å². The van der Waals surface area contributed by atoms with E-state index in [2.05, 4.69) is 66.8 Å².